The molecule has 23 heavy (non-hydrogen) atoms. The van der Waals surface area contributed by atoms with E-state index in [2.05, 4.69) is 38.1 Å². The van der Waals surface area contributed by atoms with E-state index in [0.717, 1.165) is 23.3 Å². The third kappa shape index (κ3) is 3.68. The van der Waals surface area contributed by atoms with Crippen LogP contribution in [0.15, 0.2) is 42.7 Å². The Morgan fingerprint density at radius 2 is 1.96 bits per heavy atom. The smallest absolute Gasteiger partial charge is 0.251 e. The van der Waals surface area contributed by atoms with Gasteiger partial charge in [-0.15, -0.1) is 12.4 Å². The summed E-state index contributed by atoms with van der Waals surface area (Å²) in [4.78, 5) is 20.4. The van der Waals surface area contributed by atoms with E-state index in [4.69, 9.17) is 0 Å². The van der Waals surface area contributed by atoms with Gasteiger partial charge in [0.2, 0.25) is 0 Å². The number of hydrogen-bond acceptors (Lipinski definition) is 3. The summed E-state index contributed by atoms with van der Waals surface area (Å²) in [6.45, 7) is 2.59. The molecule has 0 radical (unpaired) electrons. The largest absolute Gasteiger partial charge is 0.352 e. The first kappa shape index (κ1) is 17.0. The number of halogens is 1. The maximum absolute atomic E-state index is 11.9. The van der Waals surface area contributed by atoms with E-state index in [9.17, 15) is 4.79 Å². The minimum atomic E-state index is -0.0721. The van der Waals surface area contributed by atoms with Crippen LogP contribution in [0.2, 0.25) is 0 Å². The van der Waals surface area contributed by atoms with E-state index in [-0.39, 0.29) is 18.3 Å². The first-order valence-corrected chi connectivity index (χ1v) is 7.25. The van der Waals surface area contributed by atoms with Crippen molar-refractivity contribution in [2.24, 2.45) is 7.05 Å². The summed E-state index contributed by atoms with van der Waals surface area (Å²) < 4.78 is 2.07. The van der Waals surface area contributed by atoms with Gasteiger partial charge in [0.05, 0.1) is 11.0 Å². The van der Waals surface area contributed by atoms with Gasteiger partial charge in [0.25, 0.3) is 5.91 Å². The number of imidazole rings is 1. The van der Waals surface area contributed by atoms with Crippen molar-refractivity contribution in [1.29, 1.82) is 0 Å². The second kappa shape index (κ2) is 7.24. The van der Waals surface area contributed by atoms with Crippen LogP contribution in [0.4, 0.5) is 0 Å². The van der Waals surface area contributed by atoms with Crippen LogP contribution in [0.3, 0.4) is 0 Å². The normalized spacial score (nSPS) is 10.3. The number of carbonyl (C=O) groups excluding carboxylic acids is 1. The first-order chi connectivity index (χ1) is 10.6. The number of nitrogens with zero attached hydrogens (tertiary/aromatic N) is 3. The fourth-order valence-electron chi connectivity index (χ4n) is 2.45. The highest BCUT2D eigenvalue weighted by atomic mass is 35.5. The van der Waals surface area contributed by atoms with Crippen LogP contribution >= 0.6 is 12.4 Å². The lowest BCUT2D eigenvalue weighted by molar-refractivity contribution is 0.0954. The Kier molecular flexibility index (Phi) is 5.34. The maximum atomic E-state index is 11.9. The van der Waals surface area contributed by atoms with Crippen LogP contribution in [-0.4, -0.2) is 27.0 Å². The van der Waals surface area contributed by atoms with E-state index >= 15 is 0 Å². The summed E-state index contributed by atoms with van der Waals surface area (Å²) in [6, 6.07) is 9.66. The van der Waals surface area contributed by atoms with Gasteiger partial charge < -0.3 is 9.88 Å². The van der Waals surface area contributed by atoms with Gasteiger partial charge in [-0.3, -0.25) is 9.78 Å². The molecule has 120 valence electrons. The fraction of sp³-hybridized carbons (Fsp3) is 0.235. The zero-order valence-electron chi connectivity index (χ0n) is 13.1. The monoisotopic (exact) mass is 330 g/mol. The molecule has 0 atom stereocenters. The molecule has 0 spiro atoms. The van der Waals surface area contributed by atoms with Gasteiger partial charge in [-0.1, -0.05) is 6.07 Å². The quantitative estimate of drug-likeness (QED) is 0.800. The molecular weight excluding hydrogens is 312 g/mol. The maximum Gasteiger partial charge on any atom is 0.251 e. The van der Waals surface area contributed by atoms with E-state index in [1.807, 2.05) is 14.0 Å². The number of carbonyl (C=O) groups is 1. The Bertz CT molecular complexity index is 814. The van der Waals surface area contributed by atoms with Crippen molar-refractivity contribution in [2.75, 3.05) is 6.54 Å². The SMILES string of the molecule is Cc1nc2cc(CCNC(=O)c3ccncc3)ccc2n1C.Cl. The number of benzene rings is 1. The van der Waals surface area contributed by atoms with Crippen molar-refractivity contribution >= 4 is 29.3 Å². The zero-order valence-corrected chi connectivity index (χ0v) is 13.9. The molecule has 2 heterocycles. The highest BCUT2D eigenvalue weighted by Gasteiger charge is 2.06. The number of pyridine rings is 1. The summed E-state index contributed by atoms with van der Waals surface area (Å²) in [6.07, 6.45) is 4.01. The zero-order chi connectivity index (χ0) is 15.5. The van der Waals surface area contributed by atoms with Crippen molar-refractivity contribution < 1.29 is 4.79 Å². The molecule has 0 saturated heterocycles. The van der Waals surface area contributed by atoms with E-state index < -0.39 is 0 Å². The number of fused-ring (bicyclic) bond motifs is 1. The number of rotatable bonds is 4. The van der Waals surface area contributed by atoms with E-state index in [0.29, 0.717) is 12.1 Å². The lowest BCUT2D eigenvalue weighted by Crippen LogP contribution is -2.25. The molecule has 1 aromatic carbocycles. The number of hydrogen-bond donors (Lipinski definition) is 1. The molecule has 0 saturated carbocycles. The minimum Gasteiger partial charge on any atom is -0.352 e. The summed E-state index contributed by atoms with van der Waals surface area (Å²) in [5.41, 5.74) is 3.92. The molecule has 0 aliphatic heterocycles. The molecule has 3 aromatic rings. The van der Waals surface area contributed by atoms with Crippen molar-refractivity contribution in [2.45, 2.75) is 13.3 Å². The van der Waals surface area contributed by atoms with Crippen LogP contribution in [0.25, 0.3) is 11.0 Å². The van der Waals surface area contributed by atoms with Gasteiger partial charge in [-0.05, 0) is 43.2 Å². The molecular formula is C17H19ClN4O. The molecule has 2 aromatic heterocycles. The summed E-state index contributed by atoms with van der Waals surface area (Å²) in [7, 11) is 2.01. The Labute approximate surface area is 141 Å². The van der Waals surface area contributed by atoms with Crippen LogP contribution in [0, 0.1) is 6.92 Å². The number of aromatic nitrogens is 3. The number of aryl methyl sites for hydroxylation is 2. The Morgan fingerprint density at radius 3 is 2.70 bits per heavy atom. The molecule has 0 unspecified atom stereocenters. The predicted octanol–water partition coefficient (Wildman–Crippen LogP) is 2.67. The second-order valence-electron chi connectivity index (χ2n) is 5.28. The third-order valence-electron chi connectivity index (χ3n) is 3.81. The van der Waals surface area contributed by atoms with Crippen LogP contribution in [0.5, 0.6) is 0 Å². The Morgan fingerprint density at radius 1 is 1.22 bits per heavy atom. The van der Waals surface area contributed by atoms with Gasteiger partial charge in [-0.25, -0.2) is 4.98 Å². The standard InChI is InChI=1S/C17H18N4O.ClH/c1-12-20-15-11-13(3-4-16(15)21(12)2)5-10-19-17(22)14-6-8-18-9-7-14;/h3-4,6-9,11H,5,10H2,1-2H3,(H,19,22);1H. The molecule has 3 rings (SSSR count). The lowest BCUT2D eigenvalue weighted by atomic mass is 10.1. The van der Waals surface area contributed by atoms with Crippen LogP contribution < -0.4 is 5.32 Å². The molecule has 0 aliphatic carbocycles. The Hall–Kier alpha value is -2.40. The fourth-order valence-corrected chi connectivity index (χ4v) is 2.45. The highest BCUT2D eigenvalue weighted by Crippen LogP contribution is 2.16. The molecule has 0 aliphatic rings. The second-order valence-corrected chi connectivity index (χ2v) is 5.28. The van der Waals surface area contributed by atoms with Crippen molar-refractivity contribution in [3.63, 3.8) is 0 Å². The molecule has 0 fully saturated rings. The lowest BCUT2D eigenvalue weighted by Gasteiger charge is -2.05. The van der Waals surface area contributed by atoms with Crippen molar-refractivity contribution in [3.8, 4) is 0 Å². The van der Waals surface area contributed by atoms with Gasteiger partial charge in [0, 0.05) is 31.5 Å². The van der Waals surface area contributed by atoms with E-state index in [1.54, 1.807) is 24.5 Å². The topological polar surface area (TPSA) is 59.8 Å². The first-order valence-electron chi connectivity index (χ1n) is 7.25. The summed E-state index contributed by atoms with van der Waals surface area (Å²) >= 11 is 0. The van der Waals surface area contributed by atoms with Crippen LogP contribution in [-0.2, 0) is 13.5 Å². The van der Waals surface area contributed by atoms with Gasteiger partial charge in [0.15, 0.2) is 0 Å². The average molecular weight is 331 g/mol. The molecule has 5 nitrogen and oxygen atoms in total. The number of nitrogens with one attached hydrogen (secondary N) is 1. The summed E-state index contributed by atoms with van der Waals surface area (Å²) in [5.74, 6) is 0.926. The minimum absolute atomic E-state index is 0. The van der Waals surface area contributed by atoms with Gasteiger partial charge in [-0.2, -0.15) is 0 Å². The van der Waals surface area contributed by atoms with Crippen molar-refractivity contribution in [3.05, 3.63) is 59.7 Å². The number of amides is 1. The van der Waals surface area contributed by atoms with E-state index in [1.165, 1.54) is 5.56 Å². The summed E-state index contributed by atoms with van der Waals surface area (Å²) in [5, 5.41) is 2.92. The van der Waals surface area contributed by atoms with Gasteiger partial charge >= 0.3 is 0 Å². The Balaban J connectivity index is 0.00000192. The van der Waals surface area contributed by atoms with Gasteiger partial charge in [0.1, 0.15) is 5.82 Å². The molecule has 0 bridgehead atoms. The molecule has 1 amide bonds. The molecule has 6 heteroatoms. The highest BCUT2D eigenvalue weighted by molar-refractivity contribution is 5.93. The third-order valence-corrected chi connectivity index (χ3v) is 3.81. The van der Waals surface area contributed by atoms with Crippen LogP contribution in [0.1, 0.15) is 21.7 Å². The molecule has 1 N–H and O–H groups in total. The average Bonchev–Trinajstić information content (AvgIpc) is 2.82. The van der Waals surface area contributed by atoms with Crippen molar-refractivity contribution in [1.82, 2.24) is 19.9 Å². The predicted molar refractivity (Wildman–Crippen MR) is 93.0 cm³/mol.